The van der Waals surface area contributed by atoms with Gasteiger partial charge in [-0.05, 0) is 50.8 Å². The van der Waals surface area contributed by atoms with E-state index in [1.807, 2.05) is 26.0 Å². The Morgan fingerprint density at radius 2 is 2.00 bits per heavy atom. The lowest BCUT2D eigenvalue weighted by Crippen LogP contribution is -2.47. The molecule has 3 rings (SSSR count). The molecule has 1 aliphatic carbocycles. The summed E-state index contributed by atoms with van der Waals surface area (Å²) in [5.74, 6) is -0.584. The second-order valence-corrected chi connectivity index (χ2v) is 8.04. The van der Waals surface area contributed by atoms with Gasteiger partial charge < -0.3 is 4.74 Å². The molecule has 1 aromatic rings. The zero-order valence-electron chi connectivity index (χ0n) is 16.0. The number of carbonyl (C=O) groups excluding carboxylic acids is 3. The van der Waals surface area contributed by atoms with Gasteiger partial charge in [-0.3, -0.25) is 9.59 Å². The predicted octanol–water partition coefficient (Wildman–Crippen LogP) is 4.15. The van der Waals surface area contributed by atoms with Crippen LogP contribution in [-0.2, 0) is 19.7 Å². The van der Waals surface area contributed by atoms with Crippen molar-refractivity contribution in [3.8, 4) is 0 Å². The molecule has 0 N–H and O–H groups in total. The molecule has 0 bridgehead atoms. The third-order valence-electron chi connectivity index (χ3n) is 5.45. The molecule has 0 fully saturated rings. The van der Waals surface area contributed by atoms with Crippen molar-refractivity contribution < 1.29 is 19.1 Å². The van der Waals surface area contributed by atoms with Crippen LogP contribution in [0.3, 0.4) is 0 Å². The molecule has 0 unspecified atom stereocenters. The average Bonchev–Trinajstić information content (AvgIpc) is 2.99. The summed E-state index contributed by atoms with van der Waals surface area (Å²) in [4.78, 5) is 39.1. The molecule has 1 aromatic carbocycles. The van der Waals surface area contributed by atoms with Crippen molar-refractivity contribution in [3.05, 3.63) is 41.0 Å². The van der Waals surface area contributed by atoms with Crippen LogP contribution in [0.4, 0.5) is 10.5 Å². The fourth-order valence-corrected chi connectivity index (χ4v) is 4.23. The van der Waals surface area contributed by atoms with E-state index < -0.39 is 17.1 Å². The summed E-state index contributed by atoms with van der Waals surface area (Å²) in [6.07, 6.45) is 1.37. The van der Waals surface area contributed by atoms with Crippen LogP contribution in [0.2, 0.25) is 0 Å². The van der Waals surface area contributed by atoms with Gasteiger partial charge in [0.25, 0.3) is 0 Å². The molecule has 1 spiro atoms. The van der Waals surface area contributed by atoms with E-state index in [-0.39, 0.29) is 11.8 Å². The molecule has 2 amide bonds. The number of amides is 2. The number of carbonyl (C=O) groups is 3. The first-order valence-electron chi connectivity index (χ1n) is 9.01. The molecule has 0 aromatic heterocycles. The number of hydrogen-bond acceptors (Lipinski definition) is 4. The summed E-state index contributed by atoms with van der Waals surface area (Å²) in [5, 5.41) is 0. The number of allylic oxidation sites excluding steroid dienone is 2. The summed E-state index contributed by atoms with van der Waals surface area (Å²) in [5.41, 5.74) is 1.41. The van der Waals surface area contributed by atoms with Crippen LogP contribution in [-0.4, -0.2) is 23.9 Å². The predicted molar refractivity (Wildman–Crippen MR) is 99.0 cm³/mol. The molecular formula is C21H25NO4. The smallest absolute Gasteiger partial charge is 0.421 e. The van der Waals surface area contributed by atoms with Crippen molar-refractivity contribution in [2.75, 3.05) is 4.90 Å². The van der Waals surface area contributed by atoms with Crippen LogP contribution in [0, 0.1) is 5.92 Å². The van der Waals surface area contributed by atoms with Crippen LogP contribution in [0.25, 0.3) is 0 Å². The lowest BCUT2D eigenvalue weighted by Gasteiger charge is -2.29. The Labute approximate surface area is 154 Å². The molecule has 0 radical (unpaired) electrons. The summed E-state index contributed by atoms with van der Waals surface area (Å²) in [6.45, 7) is 9.20. The standard InChI is InChI=1S/C21H25NO4/c1-6-14-11-21(13(2)15(14)12-23)16-9-7-8-10-17(16)22(18(21)24)19(25)26-20(3,4)5/h7-10,12-13H,6,11H2,1-5H3/t13-,21-/m1/s1. The van der Waals surface area contributed by atoms with E-state index in [1.54, 1.807) is 32.9 Å². The van der Waals surface area contributed by atoms with Gasteiger partial charge in [0.1, 0.15) is 11.9 Å². The van der Waals surface area contributed by atoms with E-state index in [0.29, 0.717) is 24.1 Å². The van der Waals surface area contributed by atoms with E-state index in [0.717, 1.165) is 22.3 Å². The average molecular weight is 355 g/mol. The molecule has 0 saturated carbocycles. The highest BCUT2D eigenvalue weighted by Crippen LogP contribution is 2.56. The Morgan fingerprint density at radius 1 is 1.35 bits per heavy atom. The number of ether oxygens (including phenoxy) is 1. The SMILES string of the molecule is CCC1=C(C=O)[C@@H](C)[C@@]2(C1)C(=O)N(C(=O)OC(C)(C)C)c1ccccc12. The minimum atomic E-state index is -0.908. The Balaban J connectivity index is 2.12. The lowest BCUT2D eigenvalue weighted by atomic mass is 9.71. The van der Waals surface area contributed by atoms with Crippen molar-refractivity contribution in [2.45, 2.75) is 58.5 Å². The first-order valence-corrected chi connectivity index (χ1v) is 9.01. The summed E-state index contributed by atoms with van der Waals surface area (Å²) in [6, 6.07) is 7.32. The molecule has 5 heteroatoms. The van der Waals surface area contributed by atoms with E-state index in [1.165, 1.54) is 0 Å². The van der Waals surface area contributed by atoms with E-state index in [4.69, 9.17) is 4.74 Å². The van der Waals surface area contributed by atoms with Gasteiger partial charge in [0.05, 0.1) is 11.1 Å². The number of rotatable bonds is 2. The quantitative estimate of drug-likeness (QED) is 0.748. The molecule has 138 valence electrons. The molecule has 2 atom stereocenters. The zero-order valence-corrected chi connectivity index (χ0v) is 16.0. The first kappa shape index (κ1) is 18.4. The highest BCUT2D eigenvalue weighted by molar-refractivity contribution is 6.22. The van der Waals surface area contributed by atoms with Crippen molar-refractivity contribution in [1.29, 1.82) is 0 Å². The molecule has 1 aliphatic heterocycles. The van der Waals surface area contributed by atoms with Crippen LogP contribution in [0.15, 0.2) is 35.4 Å². The fraction of sp³-hybridized carbons (Fsp3) is 0.476. The third-order valence-corrected chi connectivity index (χ3v) is 5.45. The molecular weight excluding hydrogens is 330 g/mol. The van der Waals surface area contributed by atoms with Gasteiger partial charge >= 0.3 is 6.09 Å². The number of benzene rings is 1. The van der Waals surface area contributed by atoms with E-state index in [2.05, 4.69) is 0 Å². The van der Waals surface area contributed by atoms with Crippen LogP contribution >= 0.6 is 0 Å². The fourth-order valence-electron chi connectivity index (χ4n) is 4.23. The van der Waals surface area contributed by atoms with Crippen molar-refractivity contribution in [2.24, 2.45) is 5.92 Å². The maximum absolute atomic E-state index is 13.5. The molecule has 5 nitrogen and oxygen atoms in total. The van der Waals surface area contributed by atoms with Gasteiger partial charge in [-0.15, -0.1) is 0 Å². The first-order chi connectivity index (χ1) is 12.2. The monoisotopic (exact) mass is 355 g/mol. The van der Waals surface area contributed by atoms with Gasteiger partial charge in [-0.2, -0.15) is 0 Å². The number of para-hydroxylation sites is 1. The highest BCUT2D eigenvalue weighted by Gasteiger charge is 2.60. The Kier molecular flexibility index (Phi) is 4.29. The van der Waals surface area contributed by atoms with Crippen molar-refractivity contribution in [3.63, 3.8) is 0 Å². The number of hydrogen-bond donors (Lipinski definition) is 0. The number of imide groups is 1. The molecule has 26 heavy (non-hydrogen) atoms. The Hall–Kier alpha value is -2.43. The minimum Gasteiger partial charge on any atom is -0.443 e. The Bertz CT molecular complexity index is 818. The molecule has 0 saturated heterocycles. The number of anilines is 1. The number of nitrogens with zero attached hydrogens (tertiary/aromatic N) is 1. The maximum Gasteiger partial charge on any atom is 0.421 e. The second kappa shape index (κ2) is 6.08. The van der Waals surface area contributed by atoms with Gasteiger partial charge in [0.2, 0.25) is 5.91 Å². The summed E-state index contributed by atoms with van der Waals surface area (Å²) >= 11 is 0. The highest BCUT2D eigenvalue weighted by atomic mass is 16.6. The van der Waals surface area contributed by atoms with Crippen LogP contribution < -0.4 is 4.90 Å². The van der Waals surface area contributed by atoms with Gasteiger partial charge in [-0.1, -0.05) is 37.6 Å². The zero-order chi connectivity index (χ0) is 19.3. The van der Waals surface area contributed by atoms with Gasteiger partial charge in [-0.25, -0.2) is 9.69 Å². The topological polar surface area (TPSA) is 63.7 Å². The summed E-state index contributed by atoms with van der Waals surface area (Å²) < 4.78 is 5.48. The second-order valence-electron chi connectivity index (χ2n) is 8.04. The molecule has 1 heterocycles. The Morgan fingerprint density at radius 3 is 2.54 bits per heavy atom. The van der Waals surface area contributed by atoms with Crippen LogP contribution in [0.1, 0.15) is 53.0 Å². The van der Waals surface area contributed by atoms with Crippen molar-refractivity contribution in [1.82, 2.24) is 0 Å². The maximum atomic E-state index is 13.5. The van der Waals surface area contributed by atoms with Gasteiger partial charge in [0, 0.05) is 5.92 Å². The van der Waals surface area contributed by atoms with Gasteiger partial charge in [0.15, 0.2) is 0 Å². The van der Waals surface area contributed by atoms with Crippen LogP contribution in [0.5, 0.6) is 0 Å². The van der Waals surface area contributed by atoms with E-state index >= 15 is 0 Å². The molecule has 2 aliphatic rings. The lowest BCUT2D eigenvalue weighted by molar-refractivity contribution is -0.123. The number of fused-ring (bicyclic) bond motifs is 2. The van der Waals surface area contributed by atoms with E-state index in [9.17, 15) is 14.4 Å². The normalized spacial score (nSPS) is 25.0. The third kappa shape index (κ3) is 2.49. The minimum absolute atomic E-state index is 0.281. The summed E-state index contributed by atoms with van der Waals surface area (Å²) in [7, 11) is 0. The number of aldehydes is 1. The van der Waals surface area contributed by atoms with Crippen molar-refractivity contribution >= 4 is 24.0 Å². The largest absolute Gasteiger partial charge is 0.443 e.